The molecule has 0 aliphatic carbocycles. The Bertz CT molecular complexity index is 851. The minimum Gasteiger partial charge on any atom is -0.385 e. The molecule has 0 aromatic heterocycles. The molecule has 0 radical (unpaired) electrons. The molecule has 1 spiro atoms. The Morgan fingerprint density at radius 3 is 2.56 bits per heavy atom. The van der Waals surface area contributed by atoms with Crippen LogP contribution in [0, 0.1) is 0 Å². The van der Waals surface area contributed by atoms with Gasteiger partial charge in [0.25, 0.3) is 11.8 Å². The van der Waals surface area contributed by atoms with Crippen molar-refractivity contribution in [1.29, 1.82) is 0 Å². The standard InChI is InChI=1S/C19H19N3O3/c1-25-12-6-11-22-17(23)13-7-2-4-9-15(13)21-19(22)14-8-3-5-10-16(14)20-18(19)24/h2-5,7-10,21H,6,11-12H2,1H3,(H,20,24). The summed E-state index contributed by atoms with van der Waals surface area (Å²) in [6.07, 6.45) is 0.642. The predicted molar refractivity (Wildman–Crippen MR) is 94.3 cm³/mol. The molecule has 2 amide bonds. The third-order valence-corrected chi connectivity index (χ3v) is 4.75. The first kappa shape index (κ1) is 15.7. The number of anilines is 2. The number of nitrogens with one attached hydrogen (secondary N) is 2. The molecule has 0 fully saturated rings. The van der Waals surface area contributed by atoms with Gasteiger partial charge in [0.05, 0.1) is 5.56 Å². The van der Waals surface area contributed by atoms with Crippen molar-refractivity contribution in [3.63, 3.8) is 0 Å². The number of ether oxygens (including phenoxy) is 1. The van der Waals surface area contributed by atoms with E-state index >= 15 is 0 Å². The first-order chi connectivity index (χ1) is 12.2. The smallest absolute Gasteiger partial charge is 0.276 e. The summed E-state index contributed by atoms with van der Waals surface area (Å²) in [6, 6.07) is 14.8. The molecule has 0 saturated carbocycles. The fourth-order valence-corrected chi connectivity index (χ4v) is 3.61. The summed E-state index contributed by atoms with van der Waals surface area (Å²) in [6.45, 7) is 0.931. The number of para-hydroxylation sites is 2. The van der Waals surface area contributed by atoms with E-state index in [9.17, 15) is 9.59 Å². The van der Waals surface area contributed by atoms with Crippen molar-refractivity contribution in [1.82, 2.24) is 4.90 Å². The van der Waals surface area contributed by atoms with Crippen LogP contribution in [0.15, 0.2) is 48.5 Å². The van der Waals surface area contributed by atoms with Crippen molar-refractivity contribution >= 4 is 23.2 Å². The Morgan fingerprint density at radius 2 is 1.76 bits per heavy atom. The molecular formula is C19H19N3O3. The number of amides is 2. The van der Waals surface area contributed by atoms with Crippen LogP contribution >= 0.6 is 0 Å². The number of hydrogen-bond acceptors (Lipinski definition) is 4. The molecule has 1 unspecified atom stereocenters. The summed E-state index contributed by atoms with van der Waals surface area (Å²) in [7, 11) is 1.62. The normalized spacial score (nSPS) is 20.9. The van der Waals surface area contributed by atoms with Crippen molar-refractivity contribution in [2.45, 2.75) is 12.1 Å². The van der Waals surface area contributed by atoms with Crippen LogP contribution in [-0.4, -0.2) is 37.0 Å². The number of hydrogen-bond donors (Lipinski definition) is 2. The highest BCUT2D eigenvalue weighted by Crippen LogP contribution is 2.45. The van der Waals surface area contributed by atoms with Crippen LogP contribution in [0.4, 0.5) is 11.4 Å². The van der Waals surface area contributed by atoms with Crippen LogP contribution in [0.1, 0.15) is 22.3 Å². The molecule has 128 valence electrons. The Hall–Kier alpha value is -2.86. The van der Waals surface area contributed by atoms with Gasteiger partial charge in [-0.25, -0.2) is 0 Å². The van der Waals surface area contributed by atoms with Crippen LogP contribution in [-0.2, 0) is 15.2 Å². The minimum atomic E-state index is -1.23. The Balaban J connectivity index is 1.87. The Morgan fingerprint density at radius 1 is 1.04 bits per heavy atom. The molecule has 2 aliphatic heterocycles. The van der Waals surface area contributed by atoms with Gasteiger partial charge >= 0.3 is 0 Å². The second-order valence-corrected chi connectivity index (χ2v) is 6.18. The van der Waals surface area contributed by atoms with Gasteiger partial charge in [-0.2, -0.15) is 0 Å². The van der Waals surface area contributed by atoms with E-state index in [0.29, 0.717) is 30.8 Å². The van der Waals surface area contributed by atoms with Crippen molar-refractivity contribution < 1.29 is 14.3 Å². The largest absolute Gasteiger partial charge is 0.385 e. The van der Waals surface area contributed by atoms with Crippen LogP contribution < -0.4 is 10.6 Å². The highest BCUT2D eigenvalue weighted by molar-refractivity contribution is 6.14. The van der Waals surface area contributed by atoms with E-state index in [1.165, 1.54) is 0 Å². The zero-order chi connectivity index (χ0) is 17.4. The maximum atomic E-state index is 13.2. The minimum absolute atomic E-state index is 0.155. The molecule has 2 aromatic carbocycles. The summed E-state index contributed by atoms with van der Waals surface area (Å²) in [5.41, 5.74) is 1.50. The molecule has 6 heteroatoms. The molecule has 25 heavy (non-hydrogen) atoms. The first-order valence-electron chi connectivity index (χ1n) is 8.27. The van der Waals surface area contributed by atoms with Gasteiger partial charge in [0.1, 0.15) is 0 Å². The first-order valence-corrected chi connectivity index (χ1v) is 8.27. The third kappa shape index (κ3) is 2.21. The van der Waals surface area contributed by atoms with Gasteiger partial charge in [-0.05, 0) is 24.6 Å². The molecule has 2 heterocycles. The van der Waals surface area contributed by atoms with E-state index in [2.05, 4.69) is 10.6 Å². The average molecular weight is 337 g/mol. The number of fused-ring (bicyclic) bond motifs is 3. The van der Waals surface area contributed by atoms with Crippen molar-refractivity contribution in [3.8, 4) is 0 Å². The maximum Gasteiger partial charge on any atom is 0.276 e. The third-order valence-electron chi connectivity index (χ3n) is 4.75. The second-order valence-electron chi connectivity index (χ2n) is 6.18. The lowest BCUT2D eigenvalue weighted by Gasteiger charge is -2.44. The summed E-state index contributed by atoms with van der Waals surface area (Å²) >= 11 is 0. The SMILES string of the molecule is COCCCN1C(=O)c2ccccc2NC12C(=O)Nc1ccccc12. The monoisotopic (exact) mass is 337 g/mol. The van der Waals surface area contributed by atoms with Crippen molar-refractivity contribution in [2.75, 3.05) is 30.9 Å². The number of nitrogens with zero attached hydrogens (tertiary/aromatic N) is 1. The quantitative estimate of drug-likeness (QED) is 0.841. The Kier molecular flexibility index (Phi) is 3.69. The van der Waals surface area contributed by atoms with Gasteiger partial charge in [-0.15, -0.1) is 0 Å². The molecule has 0 saturated heterocycles. The number of carbonyl (C=O) groups is 2. The molecule has 2 aliphatic rings. The lowest BCUT2D eigenvalue weighted by Crippen LogP contribution is -2.61. The summed E-state index contributed by atoms with van der Waals surface area (Å²) < 4.78 is 5.13. The van der Waals surface area contributed by atoms with Gasteiger partial charge in [0.2, 0.25) is 5.66 Å². The van der Waals surface area contributed by atoms with Crippen LogP contribution in [0.25, 0.3) is 0 Å². The zero-order valence-corrected chi connectivity index (χ0v) is 13.9. The second kappa shape index (κ2) is 5.89. The molecule has 4 rings (SSSR count). The van der Waals surface area contributed by atoms with E-state index in [4.69, 9.17) is 4.74 Å². The number of rotatable bonds is 4. The topological polar surface area (TPSA) is 70.7 Å². The lowest BCUT2D eigenvalue weighted by atomic mass is 9.93. The molecule has 2 N–H and O–H groups in total. The predicted octanol–water partition coefficient (Wildman–Crippen LogP) is 2.40. The van der Waals surface area contributed by atoms with Crippen LogP contribution in [0.5, 0.6) is 0 Å². The molecule has 6 nitrogen and oxygen atoms in total. The molecule has 1 atom stereocenters. The molecule has 2 aromatic rings. The fourth-order valence-electron chi connectivity index (χ4n) is 3.61. The highest BCUT2D eigenvalue weighted by atomic mass is 16.5. The highest BCUT2D eigenvalue weighted by Gasteiger charge is 2.55. The molecule has 0 bridgehead atoms. The van der Waals surface area contributed by atoms with Gasteiger partial charge in [-0.1, -0.05) is 30.3 Å². The summed E-state index contributed by atoms with van der Waals surface area (Å²) in [5.74, 6) is -0.397. The fraction of sp³-hybridized carbons (Fsp3) is 0.263. The van der Waals surface area contributed by atoms with E-state index < -0.39 is 5.66 Å². The maximum absolute atomic E-state index is 13.2. The van der Waals surface area contributed by atoms with Crippen molar-refractivity contribution in [2.24, 2.45) is 0 Å². The van der Waals surface area contributed by atoms with Gasteiger partial charge in [-0.3, -0.25) is 9.59 Å². The van der Waals surface area contributed by atoms with E-state index in [1.807, 2.05) is 42.5 Å². The molecular weight excluding hydrogens is 318 g/mol. The summed E-state index contributed by atoms with van der Waals surface area (Å²) in [4.78, 5) is 27.8. The average Bonchev–Trinajstić information content (AvgIpc) is 2.90. The zero-order valence-electron chi connectivity index (χ0n) is 13.9. The van der Waals surface area contributed by atoms with Gasteiger partial charge < -0.3 is 20.3 Å². The van der Waals surface area contributed by atoms with E-state index in [1.54, 1.807) is 18.1 Å². The van der Waals surface area contributed by atoms with Gasteiger partial charge in [0.15, 0.2) is 0 Å². The van der Waals surface area contributed by atoms with Crippen LogP contribution in [0.3, 0.4) is 0 Å². The van der Waals surface area contributed by atoms with Crippen molar-refractivity contribution in [3.05, 3.63) is 59.7 Å². The number of benzene rings is 2. The number of methoxy groups -OCH3 is 1. The Labute approximate surface area is 145 Å². The van der Waals surface area contributed by atoms with Crippen LogP contribution in [0.2, 0.25) is 0 Å². The van der Waals surface area contributed by atoms with Gasteiger partial charge in [0, 0.05) is 37.2 Å². The van der Waals surface area contributed by atoms with E-state index in [-0.39, 0.29) is 11.8 Å². The number of carbonyl (C=O) groups excluding carboxylic acids is 2. The lowest BCUT2D eigenvalue weighted by molar-refractivity contribution is -0.125. The summed E-state index contributed by atoms with van der Waals surface area (Å²) in [5, 5.41) is 6.24. The van der Waals surface area contributed by atoms with E-state index in [0.717, 1.165) is 11.3 Å².